The molecule has 84 valence electrons. The topological polar surface area (TPSA) is 67.3 Å². The third-order valence-electron chi connectivity index (χ3n) is 2.92. The number of hydrogen-bond acceptors (Lipinski definition) is 4. The molecule has 15 heavy (non-hydrogen) atoms. The molecular formula is C10H18N4O. The second-order valence-electron chi connectivity index (χ2n) is 4.08. The Bertz CT molecular complexity index is 336. The Balaban J connectivity index is 2.16. The van der Waals surface area contributed by atoms with Gasteiger partial charge in [0.05, 0.1) is 24.5 Å². The van der Waals surface area contributed by atoms with Gasteiger partial charge in [-0.1, -0.05) is 0 Å². The highest BCUT2D eigenvalue weighted by Crippen LogP contribution is 2.17. The van der Waals surface area contributed by atoms with E-state index in [0.29, 0.717) is 12.6 Å². The summed E-state index contributed by atoms with van der Waals surface area (Å²) in [5.41, 5.74) is 7.50. The zero-order chi connectivity index (χ0) is 10.8. The van der Waals surface area contributed by atoms with Crippen LogP contribution < -0.4 is 5.73 Å². The summed E-state index contributed by atoms with van der Waals surface area (Å²) < 4.78 is 1.99. The van der Waals surface area contributed by atoms with Crippen LogP contribution in [0.15, 0.2) is 6.07 Å². The van der Waals surface area contributed by atoms with Crippen LogP contribution in [0.1, 0.15) is 18.3 Å². The predicted molar refractivity (Wildman–Crippen MR) is 57.1 cm³/mol. The molecule has 3 N–H and O–H groups in total. The van der Waals surface area contributed by atoms with E-state index in [4.69, 9.17) is 10.8 Å². The summed E-state index contributed by atoms with van der Waals surface area (Å²) in [6.07, 6.45) is 0. The Hall–Kier alpha value is -0.910. The molecule has 0 saturated carbocycles. The maximum Gasteiger partial charge on any atom is 0.0882 e. The minimum absolute atomic E-state index is 0.0191. The lowest BCUT2D eigenvalue weighted by molar-refractivity contribution is 0.149. The van der Waals surface area contributed by atoms with E-state index in [0.717, 1.165) is 25.3 Å². The molecule has 5 heteroatoms. The second-order valence-corrected chi connectivity index (χ2v) is 4.08. The first kappa shape index (κ1) is 10.6. The molecular weight excluding hydrogens is 192 g/mol. The van der Waals surface area contributed by atoms with Crippen LogP contribution in [0.25, 0.3) is 0 Å². The fourth-order valence-electron chi connectivity index (χ4n) is 2.07. The van der Waals surface area contributed by atoms with Crippen molar-refractivity contribution < 1.29 is 5.11 Å². The van der Waals surface area contributed by atoms with Crippen molar-refractivity contribution in [1.82, 2.24) is 14.7 Å². The molecule has 5 nitrogen and oxygen atoms in total. The summed E-state index contributed by atoms with van der Waals surface area (Å²) in [5, 5.41) is 13.3. The van der Waals surface area contributed by atoms with Gasteiger partial charge in [0.25, 0.3) is 0 Å². The first-order valence-electron chi connectivity index (χ1n) is 5.35. The van der Waals surface area contributed by atoms with E-state index in [1.54, 1.807) is 0 Å². The van der Waals surface area contributed by atoms with Crippen LogP contribution in [0.3, 0.4) is 0 Å². The van der Waals surface area contributed by atoms with Crippen LogP contribution in [-0.4, -0.2) is 38.9 Å². The van der Waals surface area contributed by atoms with Gasteiger partial charge in [0.15, 0.2) is 0 Å². The molecule has 0 bridgehead atoms. The molecule has 0 fully saturated rings. The quantitative estimate of drug-likeness (QED) is 0.708. The maximum atomic E-state index is 9.01. The van der Waals surface area contributed by atoms with Crippen LogP contribution in [-0.2, 0) is 19.7 Å². The van der Waals surface area contributed by atoms with Crippen LogP contribution in [0, 0.1) is 0 Å². The molecule has 0 amide bonds. The van der Waals surface area contributed by atoms with Crippen molar-refractivity contribution in [2.75, 3.05) is 13.1 Å². The van der Waals surface area contributed by atoms with Crippen molar-refractivity contribution >= 4 is 0 Å². The minimum atomic E-state index is 0.0191. The van der Waals surface area contributed by atoms with Gasteiger partial charge in [0, 0.05) is 25.7 Å². The summed E-state index contributed by atoms with van der Waals surface area (Å²) in [6, 6.07) is 2.43. The molecule has 0 unspecified atom stereocenters. The van der Waals surface area contributed by atoms with Crippen LogP contribution in [0.2, 0.25) is 0 Å². The van der Waals surface area contributed by atoms with Gasteiger partial charge < -0.3 is 10.8 Å². The number of nitrogens with zero attached hydrogens (tertiary/aromatic N) is 3. The molecule has 2 rings (SSSR count). The number of aliphatic hydroxyl groups excluding tert-OH is 1. The zero-order valence-corrected chi connectivity index (χ0v) is 9.06. The Morgan fingerprint density at radius 3 is 3.13 bits per heavy atom. The molecule has 0 aromatic carbocycles. The van der Waals surface area contributed by atoms with Gasteiger partial charge in [-0.25, -0.2) is 0 Å². The summed E-state index contributed by atoms with van der Waals surface area (Å²) >= 11 is 0. The van der Waals surface area contributed by atoms with Gasteiger partial charge in [-0.15, -0.1) is 0 Å². The van der Waals surface area contributed by atoms with E-state index in [-0.39, 0.29) is 6.61 Å². The maximum absolute atomic E-state index is 9.01. The molecule has 1 aliphatic heterocycles. The van der Waals surface area contributed by atoms with Crippen molar-refractivity contribution in [3.05, 3.63) is 17.5 Å². The summed E-state index contributed by atoms with van der Waals surface area (Å²) in [5.74, 6) is 0. The van der Waals surface area contributed by atoms with Crippen molar-refractivity contribution in [3.8, 4) is 0 Å². The Morgan fingerprint density at radius 2 is 2.47 bits per heavy atom. The highest BCUT2D eigenvalue weighted by molar-refractivity contribution is 5.11. The number of aliphatic hydroxyl groups is 1. The first-order chi connectivity index (χ1) is 7.24. The van der Waals surface area contributed by atoms with Crippen molar-refractivity contribution in [3.63, 3.8) is 0 Å². The highest BCUT2D eigenvalue weighted by Gasteiger charge is 2.23. The monoisotopic (exact) mass is 210 g/mol. The standard InChI is InChI=1S/C10H18N4O/c1-8-5-14-10(4-9(7-15)12-14)6-13(8)3-2-11/h4,8,15H,2-3,5-7,11H2,1H3/t8-/m1/s1. The lowest BCUT2D eigenvalue weighted by Crippen LogP contribution is -2.43. The average molecular weight is 210 g/mol. The van der Waals surface area contributed by atoms with Crippen molar-refractivity contribution in [2.45, 2.75) is 32.7 Å². The number of rotatable bonds is 3. The third kappa shape index (κ3) is 2.04. The smallest absolute Gasteiger partial charge is 0.0882 e. The number of fused-ring (bicyclic) bond motifs is 1. The van der Waals surface area contributed by atoms with E-state index >= 15 is 0 Å². The number of hydrogen-bond donors (Lipinski definition) is 2. The molecule has 1 aromatic rings. The van der Waals surface area contributed by atoms with Gasteiger partial charge in [0.2, 0.25) is 0 Å². The molecule has 1 aromatic heterocycles. The molecule has 1 aliphatic rings. The Morgan fingerprint density at radius 1 is 1.67 bits per heavy atom. The Labute approximate surface area is 89.5 Å². The molecule has 2 heterocycles. The van der Waals surface area contributed by atoms with Crippen LogP contribution in [0.4, 0.5) is 0 Å². The van der Waals surface area contributed by atoms with Crippen LogP contribution in [0.5, 0.6) is 0 Å². The van der Waals surface area contributed by atoms with Crippen LogP contribution >= 0.6 is 0 Å². The number of nitrogens with two attached hydrogens (primary N) is 1. The highest BCUT2D eigenvalue weighted by atomic mass is 16.3. The van der Waals surface area contributed by atoms with Gasteiger partial charge in [-0.3, -0.25) is 9.58 Å². The third-order valence-corrected chi connectivity index (χ3v) is 2.92. The average Bonchev–Trinajstić information content (AvgIpc) is 2.61. The molecule has 0 saturated heterocycles. The Kier molecular flexibility index (Phi) is 3.04. The van der Waals surface area contributed by atoms with Crippen molar-refractivity contribution in [2.24, 2.45) is 5.73 Å². The molecule has 0 radical (unpaired) electrons. The lowest BCUT2D eigenvalue weighted by atomic mass is 10.2. The fraction of sp³-hybridized carbons (Fsp3) is 0.700. The van der Waals surface area contributed by atoms with E-state index in [1.165, 1.54) is 5.69 Å². The van der Waals surface area contributed by atoms with Gasteiger partial charge in [0.1, 0.15) is 0 Å². The zero-order valence-electron chi connectivity index (χ0n) is 9.06. The summed E-state index contributed by atoms with van der Waals surface area (Å²) in [7, 11) is 0. The molecule has 0 aliphatic carbocycles. The lowest BCUT2D eigenvalue weighted by Gasteiger charge is -2.33. The van der Waals surface area contributed by atoms with Gasteiger partial charge in [-0.2, -0.15) is 5.10 Å². The molecule has 0 spiro atoms. The normalized spacial score (nSPS) is 21.7. The van der Waals surface area contributed by atoms with Crippen molar-refractivity contribution in [1.29, 1.82) is 0 Å². The van der Waals surface area contributed by atoms with E-state index in [2.05, 4.69) is 16.9 Å². The summed E-state index contributed by atoms with van der Waals surface area (Å²) in [4.78, 5) is 2.35. The number of aromatic nitrogens is 2. The minimum Gasteiger partial charge on any atom is -0.390 e. The fourth-order valence-corrected chi connectivity index (χ4v) is 2.07. The van der Waals surface area contributed by atoms with E-state index in [9.17, 15) is 0 Å². The van der Waals surface area contributed by atoms with Gasteiger partial charge >= 0.3 is 0 Å². The first-order valence-corrected chi connectivity index (χ1v) is 5.35. The SMILES string of the molecule is C[C@@H]1Cn2nc(CO)cc2CN1CCN. The second kappa shape index (κ2) is 4.30. The van der Waals surface area contributed by atoms with Gasteiger partial charge in [-0.05, 0) is 13.0 Å². The van der Waals surface area contributed by atoms with E-state index in [1.807, 2.05) is 10.7 Å². The largest absolute Gasteiger partial charge is 0.390 e. The summed E-state index contributed by atoms with van der Waals surface area (Å²) in [6.45, 7) is 5.57. The predicted octanol–water partition coefficient (Wildman–Crippen LogP) is -0.462. The molecule has 1 atom stereocenters. The van der Waals surface area contributed by atoms with E-state index < -0.39 is 0 Å².